The Labute approximate surface area is 205 Å². The molecule has 7 N–H and O–H groups in total. The number of rotatable bonds is 17. The number of carbonyl (C=O) groups excluding carboxylic acids is 3. The van der Waals surface area contributed by atoms with Gasteiger partial charge in [0.15, 0.2) is 0 Å². The van der Waals surface area contributed by atoms with Gasteiger partial charge in [0.25, 0.3) is 0 Å². The van der Waals surface area contributed by atoms with Gasteiger partial charge in [-0.25, -0.2) is 4.79 Å². The van der Waals surface area contributed by atoms with E-state index in [1.807, 2.05) is 34.0 Å². The molecule has 0 fully saturated rings. The summed E-state index contributed by atoms with van der Waals surface area (Å²) < 4.78 is 0. The zero-order valence-corrected chi connectivity index (χ0v) is 21.4. The molecule has 0 aliphatic carbocycles. The third-order valence-electron chi connectivity index (χ3n) is 5.40. The van der Waals surface area contributed by atoms with E-state index in [-0.39, 0.29) is 24.7 Å². The summed E-state index contributed by atoms with van der Waals surface area (Å²) >= 11 is 1.44. The molecule has 5 unspecified atom stereocenters. The first kappa shape index (κ1) is 31.7. The smallest absolute Gasteiger partial charge is 0.326 e. The van der Waals surface area contributed by atoms with Crippen molar-refractivity contribution < 1.29 is 34.2 Å². The minimum absolute atomic E-state index is 0.0572. The van der Waals surface area contributed by atoms with Gasteiger partial charge in [-0.3, -0.25) is 19.2 Å². The Morgan fingerprint density at radius 2 is 1.38 bits per heavy atom. The summed E-state index contributed by atoms with van der Waals surface area (Å²) in [6.07, 6.45) is 2.33. The molecule has 0 heterocycles. The van der Waals surface area contributed by atoms with Crippen molar-refractivity contribution in [1.82, 2.24) is 16.0 Å². The van der Waals surface area contributed by atoms with Crippen LogP contribution >= 0.6 is 11.8 Å². The fourth-order valence-electron chi connectivity index (χ4n) is 3.06. The first-order valence-electron chi connectivity index (χ1n) is 11.4. The highest BCUT2D eigenvalue weighted by Gasteiger charge is 2.31. The number of aliphatic carboxylic acids is 2. The maximum Gasteiger partial charge on any atom is 0.326 e. The van der Waals surface area contributed by atoms with Crippen LogP contribution < -0.4 is 21.7 Å². The predicted octanol–water partition coefficient (Wildman–Crippen LogP) is 0.563. The Morgan fingerprint density at radius 3 is 1.85 bits per heavy atom. The third-order valence-corrected chi connectivity index (χ3v) is 6.05. The molecule has 0 saturated heterocycles. The van der Waals surface area contributed by atoms with Gasteiger partial charge in [-0.15, -0.1) is 0 Å². The lowest BCUT2D eigenvalue weighted by atomic mass is 9.97. The zero-order chi connectivity index (χ0) is 26.4. The zero-order valence-electron chi connectivity index (χ0n) is 20.6. The van der Waals surface area contributed by atoms with E-state index in [2.05, 4.69) is 16.0 Å². The van der Waals surface area contributed by atoms with Crippen molar-refractivity contribution in [3.05, 3.63) is 0 Å². The van der Waals surface area contributed by atoms with Crippen LogP contribution in [0.5, 0.6) is 0 Å². The Kier molecular flexibility index (Phi) is 15.2. The summed E-state index contributed by atoms with van der Waals surface area (Å²) in [6, 6.07) is -4.17. The third kappa shape index (κ3) is 12.2. The number of nitrogens with two attached hydrogens (primary N) is 1. The molecular formula is C22H40N4O7S. The van der Waals surface area contributed by atoms with Crippen LogP contribution in [0, 0.1) is 11.8 Å². The number of hydrogen-bond acceptors (Lipinski definition) is 7. The largest absolute Gasteiger partial charge is 0.481 e. The molecule has 0 aromatic rings. The summed E-state index contributed by atoms with van der Waals surface area (Å²) in [7, 11) is 0. The minimum Gasteiger partial charge on any atom is -0.481 e. The van der Waals surface area contributed by atoms with Gasteiger partial charge in [0.1, 0.15) is 18.1 Å². The van der Waals surface area contributed by atoms with E-state index in [1.165, 1.54) is 11.8 Å². The molecule has 5 atom stereocenters. The van der Waals surface area contributed by atoms with Gasteiger partial charge in [-0.1, -0.05) is 34.1 Å². The summed E-state index contributed by atoms with van der Waals surface area (Å²) in [5, 5.41) is 25.7. The van der Waals surface area contributed by atoms with Gasteiger partial charge >= 0.3 is 11.9 Å². The second kappa shape index (κ2) is 16.3. The van der Waals surface area contributed by atoms with Crippen molar-refractivity contribution in [3.63, 3.8) is 0 Å². The van der Waals surface area contributed by atoms with Gasteiger partial charge in [-0.05, 0) is 43.1 Å². The number of carbonyl (C=O) groups is 5. The first-order valence-corrected chi connectivity index (χ1v) is 12.8. The van der Waals surface area contributed by atoms with Crippen molar-refractivity contribution in [2.45, 2.75) is 84.0 Å². The second-order valence-corrected chi connectivity index (χ2v) is 9.76. The molecule has 12 heteroatoms. The molecular weight excluding hydrogens is 464 g/mol. The fourth-order valence-corrected chi connectivity index (χ4v) is 3.53. The Hall–Kier alpha value is -2.34. The summed E-state index contributed by atoms with van der Waals surface area (Å²) in [5.41, 5.74) is 5.99. The molecule has 0 aromatic heterocycles. The average Bonchev–Trinajstić information content (AvgIpc) is 2.76. The van der Waals surface area contributed by atoms with Gasteiger partial charge in [-0.2, -0.15) is 11.8 Å². The molecule has 0 aliphatic rings. The standard InChI is InChI=1S/C22H40N4O7S/c1-6-13(4)18(23)21(31)26-16(11-12(2)3)20(30)24-14(9-10-34-5)19(29)25-15(22(32)33)7-8-17(27)28/h12-16,18H,6-11,23H2,1-5H3,(H,24,30)(H,25,29)(H,26,31)(H,27,28)(H,32,33). The topological polar surface area (TPSA) is 188 Å². The molecule has 11 nitrogen and oxygen atoms in total. The summed E-state index contributed by atoms with van der Waals surface area (Å²) in [5.74, 6) is -3.83. The first-order chi connectivity index (χ1) is 15.8. The molecule has 3 amide bonds. The number of hydrogen-bond donors (Lipinski definition) is 6. The molecule has 0 saturated carbocycles. The van der Waals surface area contributed by atoms with E-state index in [4.69, 9.17) is 10.8 Å². The van der Waals surface area contributed by atoms with E-state index in [9.17, 15) is 29.1 Å². The predicted molar refractivity (Wildman–Crippen MR) is 130 cm³/mol. The molecule has 0 aromatic carbocycles. The van der Waals surface area contributed by atoms with E-state index in [0.717, 1.165) is 0 Å². The fraction of sp³-hybridized carbons (Fsp3) is 0.773. The maximum atomic E-state index is 13.0. The van der Waals surface area contributed by atoms with Crippen LogP contribution in [0.3, 0.4) is 0 Å². The van der Waals surface area contributed by atoms with Crippen molar-refractivity contribution >= 4 is 41.4 Å². The van der Waals surface area contributed by atoms with Gasteiger partial charge in [0, 0.05) is 6.42 Å². The monoisotopic (exact) mass is 504 g/mol. The summed E-state index contributed by atoms with van der Waals surface area (Å²) in [6.45, 7) is 7.53. The molecule has 34 heavy (non-hydrogen) atoms. The van der Waals surface area contributed by atoms with Crippen molar-refractivity contribution in [1.29, 1.82) is 0 Å². The molecule has 196 valence electrons. The molecule has 0 aliphatic heterocycles. The van der Waals surface area contributed by atoms with Crippen LogP contribution in [-0.4, -0.2) is 76.0 Å². The van der Waals surface area contributed by atoms with Crippen LogP contribution in [0.1, 0.15) is 59.8 Å². The Morgan fingerprint density at radius 1 is 0.853 bits per heavy atom. The van der Waals surface area contributed by atoms with Crippen LogP contribution in [0.15, 0.2) is 0 Å². The van der Waals surface area contributed by atoms with Gasteiger partial charge < -0.3 is 31.9 Å². The van der Waals surface area contributed by atoms with Crippen molar-refractivity contribution in [2.75, 3.05) is 12.0 Å². The van der Waals surface area contributed by atoms with Gasteiger partial charge in [0.05, 0.1) is 6.04 Å². The van der Waals surface area contributed by atoms with Crippen LogP contribution in [0.25, 0.3) is 0 Å². The highest BCUT2D eigenvalue weighted by molar-refractivity contribution is 7.98. The maximum absolute atomic E-state index is 13.0. The molecule has 0 rings (SSSR count). The second-order valence-electron chi connectivity index (χ2n) is 8.78. The molecule has 0 spiro atoms. The van der Waals surface area contributed by atoms with Crippen LogP contribution in [0.4, 0.5) is 0 Å². The lowest BCUT2D eigenvalue weighted by molar-refractivity contribution is -0.143. The van der Waals surface area contributed by atoms with Crippen LogP contribution in [-0.2, 0) is 24.0 Å². The van der Waals surface area contributed by atoms with E-state index in [1.54, 1.807) is 0 Å². The SMILES string of the molecule is CCC(C)C(N)C(=O)NC(CC(C)C)C(=O)NC(CCSC)C(=O)NC(CCC(=O)O)C(=O)O. The number of thioether (sulfide) groups is 1. The highest BCUT2D eigenvalue weighted by Crippen LogP contribution is 2.10. The number of amides is 3. The van der Waals surface area contributed by atoms with E-state index >= 15 is 0 Å². The quantitative estimate of drug-likeness (QED) is 0.164. The molecule has 0 bridgehead atoms. The number of carboxylic acids is 2. The lowest BCUT2D eigenvalue weighted by Gasteiger charge is -2.27. The number of nitrogens with one attached hydrogen (secondary N) is 3. The van der Waals surface area contributed by atoms with Gasteiger partial charge in [0.2, 0.25) is 17.7 Å². The Balaban J connectivity index is 5.50. The number of carboxylic acid groups (broad SMARTS) is 2. The van der Waals surface area contributed by atoms with E-state index < -0.39 is 60.2 Å². The Bertz CT molecular complexity index is 705. The lowest BCUT2D eigenvalue weighted by Crippen LogP contribution is -2.58. The highest BCUT2D eigenvalue weighted by atomic mass is 32.2. The molecule has 0 radical (unpaired) electrons. The van der Waals surface area contributed by atoms with Crippen molar-refractivity contribution in [2.24, 2.45) is 17.6 Å². The van der Waals surface area contributed by atoms with E-state index in [0.29, 0.717) is 18.6 Å². The average molecular weight is 505 g/mol. The van der Waals surface area contributed by atoms with Crippen LogP contribution in [0.2, 0.25) is 0 Å². The minimum atomic E-state index is -1.41. The normalized spacial score (nSPS) is 15.5. The van der Waals surface area contributed by atoms with Crippen molar-refractivity contribution in [3.8, 4) is 0 Å². The summed E-state index contributed by atoms with van der Waals surface area (Å²) in [4.78, 5) is 60.6.